The van der Waals surface area contributed by atoms with Crippen LogP contribution in [0.15, 0.2) is 12.4 Å². The number of nitrogens with two attached hydrogens (primary N) is 1. The predicted molar refractivity (Wildman–Crippen MR) is 66.6 cm³/mol. The molecule has 0 aromatic carbocycles. The first-order valence-corrected chi connectivity index (χ1v) is 6.13. The van der Waals surface area contributed by atoms with Crippen molar-refractivity contribution in [3.05, 3.63) is 12.4 Å². The van der Waals surface area contributed by atoms with Crippen LogP contribution in [0.5, 0.6) is 0 Å². The van der Waals surface area contributed by atoms with Crippen molar-refractivity contribution in [2.45, 2.75) is 39.3 Å². The lowest BCUT2D eigenvalue weighted by Crippen LogP contribution is -2.48. The van der Waals surface area contributed by atoms with Gasteiger partial charge < -0.3 is 15.2 Å². The lowest BCUT2D eigenvalue weighted by molar-refractivity contribution is 0.372. The quantitative estimate of drug-likeness (QED) is 0.827. The number of imidazole rings is 1. The summed E-state index contributed by atoms with van der Waals surface area (Å²) in [4.78, 5) is 6.76. The van der Waals surface area contributed by atoms with Crippen LogP contribution in [-0.4, -0.2) is 28.7 Å². The Bertz CT molecular complexity index is 345. The molecular weight excluding hydrogens is 200 g/mol. The lowest BCUT2D eigenvalue weighted by atomic mass is 9.94. The minimum atomic E-state index is 0.270. The highest BCUT2D eigenvalue weighted by Crippen LogP contribution is 2.23. The van der Waals surface area contributed by atoms with E-state index in [4.69, 9.17) is 5.73 Å². The second-order valence-electron chi connectivity index (χ2n) is 5.10. The molecule has 16 heavy (non-hydrogen) atoms. The van der Waals surface area contributed by atoms with Gasteiger partial charge >= 0.3 is 0 Å². The van der Waals surface area contributed by atoms with Gasteiger partial charge in [0.2, 0.25) is 5.95 Å². The highest BCUT2D eigenvalue weighted by molar-refractivity contribution is 5.33. The molecule has 1 aromatic heterocycles. The van der Waals surface area contributed by atoms with E-state index in [2.05, 4.69) is 35.2 Å². The van der Waals surface area contributed by atoms with Gasteiger partial charge in [-0.05, 0) is 26.2 Å². The third-order valence-corrected chi connectivity index (χ3v) is 3.50. The summed E-state index contributed by atoms with van der Waals surface area (Å²) in [5.74, 6) is 1.69. The lowest BCUT2D eigenvalue weighted by Gasteiger charge is -2.36. The molecule has 2 unspecified atom stereocenters. The standard InChI is InChI=1S/C12H22N4/c1-9(2)16-7-5-14-12(16)15-6-4-10(3)11(13)8-15/h5,7,9-11H,4,6,8,13H2,1-3H3. The van der Waals surface area contributed by atoms with Gasteiger partial charge in [0.05, 0.1) is 0 Å². The summed E-state index contributed by atoms with van der Waals surface area (Å²) < 4.78 is 2.21. The van der Waals surface area contributed by atoms with Gasteiger partial charge in [-0.15, -0.1) is 0 Å². The van der Waals surface area contributed by atoms with E-state index in [1.165, 1.54) is 0 Å². The first-order chi connectivity index (χ1) is 7.59. The molecule has 1 aromatic rings. The van der Waals surface area contributed by atoms with Crippen LogP contribution in [0, 0.1) is 5.92 Å². The molecule has 90 valence electrons. The fourth-order valence-electron chi connectivity index (χ4n) is 2.23. The zero-order valence-corrected chi connectivity index (χ0v) is 10.4. The molecule has 1 aliphatic rings. The molecule has 0 radical (unpaired) electrons. The van der Waals surface area contributed by atoms with Crippen molar-refractivity contribution >= 4 is 5.95 Å². The summed E-state index contributed by atoms with van der Waals surface area (Å²) in [5, 5.41) is 0. The van der Waals surface area contributed by atoms with Crippen molar-refractivity contribution < 1.29 is 0 Å². The normalized spacial score (nSPS) is 26.4. The van der Waals surface area contributed by atoms with E-state index in [9.17, 15) is 0 Å². The first-order valence-electron chi connectivity index (χ1n) is 6.13. The SMILES string of the molecule is CC1CCN(c2nccn2C(C)C)CC1N. The fourth-order valence-corrected chi connectivity index (χ4v) is 2.23. The Balaban J connectivity index is 2.15. The molecule has 2 rings (SSSR count). The molecule has 2 heterocycles. The van der Waals surface area contributed by atoms with Crippen LogP contribution in [0.2, 0.25) is 0 Å². The van der Waals surface area contributed by atoms with E-state index in [1.807, 2.05) is 12.4 Å². The minimum absolute atomic E-state index is 0.270. The van der Waals surface area contributed by atoms with E-state index in [0.29, 0.717) is 12.0 Å². The van der Waals surface area contributed by atoms with Gasteiger partial charge in [-0.1, -0.05) is 6.92 Å². The van der Waals surface area contributed by atoms with E-state index in [0.717, 1.165) is 25.5 Å². The maximum Gasteiger partial charge on any atom is 0.205 e. The molecule has 4 nitrogen and oxygen atoms in total. The van der Waals surface area contributed by atoms with Gasteiger partial charge in [0, 0.05) is 37.6 Å². The van der Waals surface area contributed by atoms with Crippen LogP contribution in [0.1, 0.15) is 33.2 Å². The highest BCUT2D eigenvalue weighted by Gasteiger charge is 2.25. The minimum Gasteiger partial charge on any atom is -0.341 e. The molecule has 2 N–H and O–H groups in total. The number of hydrogen-bond donors (Lipinski definition) is 1. The second-order valence-corrected chi connectivity index (χ2v) is 5.10. The predicted octanol–water partition coefficient (Wildman–Crippen LogP) is 1.64. The molecule has 1 aliphatic heterocycles. The van der Waals surface area contributed by atoms with Gasteiger partial charge in [0.15, 0.2) is 0 Å². The van der Waals surface area contributed by atoms with E-state index in [1.54, 1.807) is 0 Å². The Hall–Kier alpha value is -1.03. The third-order valence-electron chi connectivity index (χ3n) is 3.50. The molecule has 4 heteroatoms. The van der Waals surface area contributed by atoms with Crippen molar-refractivity contribution in [3.63, 3.8) is 0 Å². The molecule has 1 fully saturated rings. The van der Waals surface area contributed by atoms with Crippen LogP contribution in [0.25, 0.3) is 0 Å². The van der Waals surface area contributed by atoms with Crippen LogP contribution in [-0.2, 0) is 0 Å². The van der Waals surface area contributed by atoms with Crippen molar-refractivity contribution in [2.24, 2.45) is 11.7 Å². The monoisotopic (exact) mass is 222 g/mol. The number of aromatic nitrogens is 2. The van der Waals surface area contributed by atoms with Gasteiger partial charge in [0.1, 0.15) is 0 Å². The van der Waals surface area contributed by atoms with Crippen molar-refractivity contribution in [3.8, 4) is 0 Å². The Labute approximate surface area is 97.4 Å². The Morgan fingerprint density at radius 1 is 1.50 bits per heavy atom. The number of rotatable bonds is 2. The van der Waals surface area contributed by atoms with Crippen molar-refractivity contribution in [2.75, 3.05) is 18.0 Å². The van der Waals surface area contributed by atoms with Crippen molar-refractivity contribution in [1.29, 1.82) is 0 Å². The number of nitrogens with zero attached hydrogens (tertiary/aromatic N) is 3. The van der Waals surface area contributed by atoms with Gasteiger partial charge in [-0.2, -0.15) is 0 Å². The Morgan fingerprint density at radius 2 is 2.25 bits per heavy atom. The molecule has 0 bridgehead atoms. The Morgan fingerprint density at radius 3 is 2.88 bits per heavy atom. The summed E-state index contributed by atoms with van der Waals surface area (Å²) in [6.45, 7) is 8.58. The first kappa shape index (κ1) is 11.5. The van der Waals surface area contributed by atoms with Crippen LogP contribution >= 0.6 is 0 Å². The second kappa shape index (κ2) is 4.45. The summed E-state index contributed by atoms with van der Waals surface area (Å²) in [5.41, 5.74) is 6.12. The smallest absolute Gasteiger partial charge is 0.205 e. The summed E-state index contributed by atoms with van der Waals surface area (Å²) in [6, 6.07) is 0.721. The largest absolute Gasteiger partial charge is 0.341 e. The topological polar surface area (TPSA) is 47.1 Å². The molecule has 0 amide bonds. The summed E-state index contributed by atoms with van der Waals surface area (Å²) >= 11 is 0. The van der Waals surface area contributed by atoms with Crippen molar-refractivity contribution in [1.82, 2.24) is 9.55 Å². The van der Waals surface area contributed by atoms with E-state index >= 15 is 0 Å². The maximum atomic E-state index is 6.12. The molecule has 0 spiro atoms. The van der Waals surface area contributed by atoms with Gasteiger partial charge in [0.25, 0.3) is 0 Å². The third kappa shape index (κ3) is 2.07. The van der Waals surface area contributed by atoms with Crippen LogP contribution in [0.3, 0.4) is 0 Å². The number of hydrogen-bond acceptors (Lipinski definition) is 3. The average Bonchev–Trinajstić information content (AvgIpc) is 2.71. The highest BCUT2D eigenvalue weighted by atomic mass is 15.3. The number of anilines is 1. The van der Waals surface area contributed by atoms with E-state index in [-0.39, 0.29) is 6.04 Å². The van der Waals surface area contributed by atoms with E-state index < -0.39 is 0 Å². The van der Waals surface area contributed by atoms with Gasteiger partial charge in [-0.25, -0.2) is 4.98 Å². The molecule has 2 atom stereocenters. The number of piperidine rings is 1. The average molecular weight is 222 g/mol. The molecule has 1 saturated heterocycles. The maximum absolute atomic E-state index is 6.12. The summed E-state index contributed by atoms with van der Waals surface area (Å²) in [7, 11) is 0. The molecule has 0 saturated carbocycles. The van der Waals surface area contributed by atoms with Crippen LogP contribution < -0.4 is 10.6 Å². The summed E-state index contributed by atoms with van der Waals surface area (Å²) in [6.07, 6.45) is 5.08. The molecule has 0 aliphatic carbocycles. The zero-order valence-electron chi connectivity index (χ0n) is 10.4. The molecular formula is C12H22N4. The van der Waals surface area contributed by atoms with Crippen LogP contribution in [0.4, 0.5) is 5.95 Å². The zero-order chi connectivity index (χ0) is 11.7. The van der Waals surface area contributed by atoms with Gasteiger partial charge in [-0.3, -0.25) is 0 Å². The Kier molecular flexibility index (Phi) is 3.19. The fraction of sp³-hybridized carbons (Fsp3) is 0.750.